The van der Waals surface area contributed by atoms with Crippen molar-refractivity contribution < 1.29 is 0 Å². The summed E-state index contributed by atoms with van der Waals surface area (Å²) in [5.74, 6) is 0.453. The van der Waals surface area contributed by atoms with Gasteiger partial charge in [0, 0.05) is 17.3 Å². The van der Waals surface area contributed by atoms with E-state index in [2.05, 4.69) is 4.98 Å². The Morgan fingerprint density at radius 3 is 2.69 bits per heavy atom. The minimum Gasteiger partial charge on any atom is -0.383 e. The van der Waals surface area contributed by atoms with Gasteiger partial charge in [-0.1, -0.05) is 35.3 Å². The van der Waals surface area contributed by atoms with Crippen molar-refractivity contribution in [3.63, 3.8) is 0 Å². The van der Waals surface area contributed by atoms with Crippen LogP contribution in [0.4, 0.5) is 5.82 Å². The Bertz CT molecular complexity index is 539. The third-order valence-electron chi connectivity index (χ3n) is 2.30. The summed E-state index contributed by atoms with van der Waals surface area (Å²) in [5, 5.41) is 1.02. The Kier molecular flexibility index (Phi) is 3.03. The van der Waals surface area contributed by atoms with E-state index in [0.29, 0.717) is 15.9 Å². The van der Waals surface area contributed by atoms with E-state index in [1.807, 2.05) is 25.1 Å². The predicted molar refractivity (Wildman–Crippen MR) is 68.8 cm³/mol. The predicted octanol–water partition coefficient (Wildman–Crippen LogP) is 3.95. The summed E-state index contributed by atoms with van der Waals surface area (Å²) in [4.78, 5) is 4.10. The molecule has 0 unspecified atom stereocenters. The van der Waals surface area contributed by atoms with Crippen molar-refractivity contribution in [2.24, 2.45) is 0 Å². The van der Waals surface area contributed by atoms with Crippen molar-refractivity contribution in [2.75, 3.05) is 5.73 Å². The highest BCUT2D eigenvalue weighted by Crippen LogP contribution is 2.35. The van der Waals surface area contributed by atoms with Gasteiger partial charge in [-0.3, -0.25) is 0 Å². The average molecular weight is 253 g/mol. The summed E-state index contributed by atoms with van der Waals surface area (Å²) >= 11 is 12.1. The Hall–Kier alpha value is -1.25. The normalized spacial score (nSPS) is 10.4. The van der Waals surface area contributed by atoms with Gasteiger partial charge in [-0.05, 0) is 24.6 Å². The van der Waals surface area contributed by atoms with Crippen LogP contribution in [0.15, 0.2) is 30.5 Å². The Morgan fingerprint density at radius 2 is 1.94 bits per heavy atom. The summed E-state index contributed by atoms with van der Waals surface area (Å²) in [6, 6.07) is 7.40. The first-order valence-electron chi connectivity index (χ1n) is 4.76. The fourth-order valence-corrected chi connectivity index (χ4v) is 1.91. The summed E-state index contributed by atoms with van der Waals surface area (Å²) in [5.41, 5.74) is 8.48. The van der Waals surface area contributed by atoms with Crippen LogP contribution in [0.2, 0.25) is 10.0 Å². The Morgan fingerprint density at radius 1 is 1.19 bits per heavy atom. The number of aryl methyl sites for hydroxylation is 1. The van der Waals surface area contributed by atoms with E-state index in [0.717, 1.165) is 16.7 Å². The number of benzene rings is 1. The number of nitrogens with zero attached hydrogens (tertiary/aromatic N) is 1. The summed E-state index contributed by atoms with van der Waals surface area (Å²) in [6.45, 7) is 1.95. The van der Waals surface area contributed by atoms with Gasteiger partial charge >= 0.3 is 0 Å². The number of nitrogens with two attached hydrogens (primary N) is 1. The van der Waals surface area contributed by atoms with Gasteiger partial charge in [0.15, 0.2) is 0 Å². The molecule has 0 atom stereocenters. The third-order valence-corrected chi connectivity index (χ3v) is 3.12. The van der Waals surface area contributed by atoms with Crippen LogP contribution in [0.5, 0.6) is 0 Å². The van der Waals surface area contributed by atoms with Crippen LogP contribution in [-0.4, -0.2) is 4.98 Å². The van der Waals surface area contributed by atoms with E-state index in [-0.39, 0.29) is 0 Å². The first-order chi connectivity index (χ1) is 7.59. The first-order valence-corrected chi connectivity index (χ1v) is 5.51. The summed E-state index contributed by atoms with van der Waals surface area (Å²) in [6.07, 6.45) is 1.72. The van der Waals surface area contributed by atoms with Crippen LogP contribution in [0.3, 0.4) is 0 Å². The number of rotatable bonds is 1. The van der Waals surface area contributed by atoms with E-state index < -0.39 is 0 Å². The monoisotopic (exact) mass is 252 g/mol. The van der Waals surface area contributed by atoms with Crippen molar-refractivity contribution in [2.45, 2.75) is 6.92 Å². The highest BCUT2D eigenvalue weighted by atomic mass is 35.5. The average Bonchev–Trinajstić information content (AvgIpc) is 2.26. The minimum atomic E-state index is 0.453. The molecule has 1 heterocycles. The van der Waals surface area contributed by atoms with Crippen molar-refractivity contribution in [1.29, 1.82) is 0 Å². The molecule has 1 aromatic heterocycles. The minimum absolute atomic E-state index is 0.453. The van der Waals surface area contributed by atoms with Crippen LogP contribution >= 0.6 is 23.2 Å². The fraction of sp³-hybridized carbons (Fsp3) is 0.0833. The van der Waals surface area contributed by atoms with Gasteiger partial charge in [0.1, 0.15) is 5.82 Å². The number of hydrogen-bond acceptors (Lipinski definition) is 2. The second kappa shape index (κ2) is 4.32. The van der Waals surface area contributed by atoms with Crippen molar-refractivity contribution in [3.8, 4) is 11.1 Å². The lowest BCUT2D eigenvalue weighted by Crippen LogP contribution is -1.95. The maximum absolute atomic E-state index is 6.14. The van der Waals surface area contributed by atoms with Crippen molar-refractivity contribution in [1.82, 2.24) is 4.98 Å². The third kappa shape index (κ3) is 1.99. The quantitative estimate of drug-likeness (QED) is 0.835. The molecule has 1 aromatic carbocycles. The number of pyridine rings is 1. The summed E-state index contributed by atoms with van der Waals surface area (Å²) < 4.78 is 0. The van der Waals surface area contributed by atoms with Gasteiger partial charge in [0.05, 0.1) is 10.0 Å². The molecule has 82 valence electrons. The molecule has 0 saturated heterocycles. The van der Waals surface area contributed by atoms with E-state index in [9.17, 15) is 0 Å². The smallest absolute Gasteiger partial charge is 0.131 e. The van der Waals surface area contributed by atoms with Crippen molar-refractivity contribution in [3.05, 3.63) is 46.1 Å². The summed E-state index contributed by atoms with van der Waals surface area (Å²) in [7, 11) is 0. The standard InChI is InChI=1S/C12H10Cl2N2/c1-7-5-9(12(15)16-6-7)8-3-2-4-10(13)11(8)14/h2-6H,1H3,(H2,15,16). The van der Waals surface area contributed by atoms with E-state index in [1.165, 1.54) is 0 Å². The molecule has 0 fully saturated rings. The number of halogens is 2. The molecule has 0 aliphatic rings. The molecule has 2 nitrogen and oxygen atoms in total. The maximum atomic E-state index is 6.14. The Labute approximate surface area is 104 Å². The van der Waals surface area contributed by atoms with Crippen LogP contribution in [0.1, 0.15) is 5.56 Å². The largest absolute Gasteiger partial charge is 0.383 e. The second-order valence-corrected chi connectivity index (χ2v) is 4.33. The lowest BCUT2D eigenvalue weighted by molar-refractivity contribution is 1.28. The molecule has 2 aromatic rings. The topological polar surface area (TPSA) is 38.9 Å². The van der Waals surface area contributed by atoms with Crippen molar-refractivity contribution >= 4 is 29.0 Å². The van der Waals surface area contributed by atoms with E-state index >= 15 is 0 Å². The van der Waals surface area contributed by atoms with E-state index in [1.54, 1.807) is 12.3 Å². The lowest BCUT2D eigenvalue weighted by atomic mass is 10.1. The molecule has 0 spiro atoms. The van der Waals surface area contributed by atoms with Crippen LogP contribution < -0.4 is 5.73 Å². The zero-order valence-electron chi connectivity index (χ0n) is 8.67. The zero-order valence-corrected chi connectivity index (χ0v) is 10.2. The molecular formula is C12H10Cl2N2. The van der Waals surface area contributed by atoms with Crippen LogP contribution in [-0.2, 0) is 0 Å². The molecule has 4 heteroatoms. The SMILES string of the molecule is Cc1cnc(N)c(-c2cccc(Cl)c2Cl)c1. The van der Waals surface area contributed by atoms with Crippen LogP contribution in [0, 0.1) is 6.92 Å². The molecule has 0 saturated carbocycles. The van der Waals surface area contributed by atoms with Gasteiger partial charge in [-0.2, -0.15) is 0 Å². The lowest BCUT2D eigenvalue weighted by Gasteiger charge is -2.08. The fourth-order valence-electron chi connectivity index (χ4n) is 1.51. The van der Waals surface area contributed by atoms with E-state index in [4.69, 9.17) is 28.9 Å². The first kappa shape index (κ1) is 11.2. The van der Waals surface area contributed by atoms with Gasteiger partial charge in [0.25, 0.3) is 0 Å². The second-order valence-electron chi connectivity index (χ2n) is 3.55. The highest BCUT2D eigenvalue weighted by Gasteiger charge is 2.10. The van der Waals surface area contributed by atoms with Gasteiger partial charge in [-0.25, -0.2) is 4.98 Å². The molecule has 2 N–H and O–H groups in total. The Balaban J connectivity index is 2.67. The van der Waals surface area contributed by atoms with Gasteiger partial charge in [-0.15, -0.1) is 0 Å². The maximum Gasteiger partial charge on any atom is 0.131 e. The van der Waals surface area contributed by atoms with Crippen LogP contribution in [0.25, 0.3) is 11.1 Å². The highest BCUT2D eigenvalue weighted by molar-refractivity contribution is 6.43. The molecule has 2 rings (SSSR count). The number of aromatic nitrogens is 1. The molecule has 0 amide bonds. The molecule has 16 heavy (non-hydrogen) atoms. The number of hydrogen-bond donors (Lipinski definition) is 1. The van der Waals surface area contributed by atoms with Gasteiger partial charge in [0.2, 0.25) is 0 Å². The molecule has 0 aliphatic carbocycles. The molecule has 0 bridgehead atoms. The number of anilines is 1. The molecular weight excluding hydrogens is 243 g/mol. The molecule has 0 aliphatic heterocycles. The zero-order chi connectivity index (χ0) is 11.7. The van der Waals surface area contributed by atoms with Gasteiger partial charge < -0.3 is 5.73 Å². The molecule has 0 radical (unpaired) electrons. The number of nitrogen functional groups attached to an aromatic ring is 1.